The highest BCUT2D eigenvalue weighted by atomic mass is 32.2. The molecule has 0 aliphatic heterocycles. The van der Waals surface area contributed by atoms with Crippen molar-refractivity contribution in [2.45, 2.75) is 11.8 Å². The highest BCUT2D eigenvalue weighted by Gasteiger charge is 2.11. The minimum absolute atomic E-state index is 0.212. The first-order chi connectivity index (χ1) is 13.5. The summed E-state index contributed by atoms with van der Waals surface area (Å²) in [5, 5.41) is 8.90. The quantitative estimate of drug-likeness (QED) is 0.512. The molecule has 1 N–H and O–H groups in total. The van der Waals surface area contributed by atoms with Gasteiger partial charge < -0.3 is 0 Å². The maximum Gasteiger partial charge on any atom is 0.240 e. The van der Waals surface area contributed by atoms with Crippen LogP contribution >= 0.6 is 0 Å². The fourth-order valence-corrected chi connectivity index (χ4v) is 3.38. The second kappa shape index (κ2) is 8.73. The molecule has 0 unspecified atom stereocenters. The fraction of sp³-hybridized carbons (Fsp3) is 0.0909. The van der Waals surface area contributed by atoms with Gasteiger partial charge in [-0.2, -0.15) is 5.10 Å². The van der Waals surface area contributed by atoms with Crippen molar-refractivity contribution in [1.29, 1.82) is 0 Å². The molecule has 142 valence electrons. The lowest BCUT2D eigenvalue weighted by atomic mass is 10.0. The smallest absolute Gasteiger partial charge is 0.214 e. The van der Waals surface area contributed by atoms with Crippen LogP contribution in [0.2, 0.25) is 0 Å². The minimum Gasteiger partial charge on any atom is -0.214 e. The normalized spacial score (nSPS) is 11.9. The van der Waals surface area contributed by atoms with Crippen molar-refractivity contribution in [1.82, 2.24) is 4.72 Å². The molecule has 3 rings (SSSR count). The van der Waals surface area contributed by atoms with E-state index in [4.69, 9.17) is 0 Å². The van der Waals surface area contributed by atoms with Gasteiger partial charge in [0.2, 0.25) is 10.0 Å². The molecule has 3 aromatic carbocycles. The summed E-state index contributed by atoms with van der Waals surface area (Å²) in [7, 11) is -2.07. The van der Waals surface area contributed by atoms with Crippen molar-refractivity contribution >= 4 is 21.4 Å². The molecule has 6 heteroatoms. The molecule has 0 radical (unpaired) electrons. The predicted octanol–water partition coefficient (Wildman–Crippen LogP) is 3.86. The lowest BCUT2D eigenvalue weighted by Gasteiger charge is -2.06. The van der Waals surface area contributed by atoms with Crippen molar-refractivity contribution in [3.05, 3.63) is 102 Å². The molecule has 0 amide bonds. The van der Waals surface area contributed by atoms with E-state index >= 15 is 0 Å². The molecule has 0 spiro atoms. The van der Waals surface area contributed by atoms with Crippen LogP contribution in [-0.4, -0.2) is 26.9 Å². The number of benzene rings is 3. The second-order valence-corrected chi connectivity index (χ2v) is 7.98. The van der Waals surface area contributed by atoms with E-state index in [0.29, 0.717) is 5.71 Å². The van der Waals surface area contributed by atoms with Crippen molar-refractivity contribution in [3.63, 3.8) is 0 Å². The molecule has 0 aromatic heterocycles. The molecular weight excluding hydrogens is 370 g/mol. The molecule has 0 fully saturated rings. The summed E-state index contributed by atoms with van der Waals surface area (Å²) >= 11 is 0. The summed E-state index contributed by atoms with van der Waals surface area (Å²) in [4.78, 5) is 0.212. The van der Waals surface area contributed by atoms with Gasteiger partial charge >= 0.3 is 0 Å². The minimum atomic E-state index is -3.46. The summed E-state index contributed by atoms with van der Waals surface area (Å²) < 4.78 is 26.0. The van der Waals surface area contributed by atoms with Crippen LogP contribution in [-0.2, 0) is 10.0 Å². The molecule has 0 aliphatic rings. The van der Waals surface area contributed by atoms with Crippen LogP contribution in [0.15, 0.2) is 100 Å². The van der Waals surface area contributed by atoms with E-state index in [-0.39, 0.29) is 4.90 Å². The Bertz CT molecular complexity index is 1050. The Morgan fingerprint density at radius 3 is 1.68 bits per heavy atom. The fourth-order valence-electron chi connectivity index (χ4n) is 2.65. The maximum absolute atomic E-state index is 11.8. The molecule has 3 aromatic rings. The van der Waals surface area contributed by atoms with Gasteiger partial charge in [-0.1, -0.05) is 72.8 Å². The zero-order chi connectivity index (χ0) is 20.0. The van der Waals surface area contributed by atoms with Crippen LogP contribution < -0.4 is 4.72 Å². The Morgan fingerprint density at radius 1 is 0.714 bits per heavy atom. The Morgan fingerprint density at radius 2 is 1.21 bits per heavy atom. The van der Waals surface area contributed by atoms with Crippen LogP contribution in [0.25, 0.3) is 0 Å². The number of sulfonamides is 1. The number of nitrogens with zero attached hydrogens (tertiary/aromatic N) is 2. The van der Waals surface area contributed by atoms with E-state index in [9.17, 15) is 8.42 Å². The van der Waals surface area contributed by atoms with E-state index in [1.807, 2.05) is 67.6 Å². The number of rotatable bonds is 6. The second-order valence-electron chi connectivity index (χ2n) is 6.10. The number of hydrogen-bond acceptors (Lipinski definition) is 4. The first-order valence-corrected chi connectivity index (χ1v) is 10.3. The summed E-state index contributed by atoms with van der Waals surface area (Å²) in [5.74, 6) is 0. The third-order valence-corrected chi connectivity index (χ3v) is 5.68. The SMILES string of the molecule is CNS(=O)(=O)c1ccc(/C(C)=N\N=C(c2ccccc2)c2ccccc2)cc1. The molecule has 0 aliphatic carbocycles. The van der Waals surface area contributed by atoms with Gasteiger partial charge in [0, 0.05) is 11.1 Å². The lowest BCUT2D eigenvalue weighted by Crippen LogP contribution is -2.18. The molecule has 0 heterocycles. The Hall–Kier alpha value is -3.09. The maximum atomic E-state index is 11.8. The van der Waals surface area contributed by atoms with Gasteiger partial charge in [-0.3, -0.25) is 0 Å². The van der Waals surface area contributed by atoms with Crippen LogP contribution in [0.4, 0.5) is 0 Å². The van der Waals surface area contributed by atoms with Crippen molar-refractivity contribution < 1.29 is 8.42 Å². The van der Waals surface area contributed by atoms with E-state index < -0.39 is 10.0 Å². The number of nitrogens with one attached hydrogen (secondary N) is 1. The van der Waals surface area contributed by atoms with Gasteiger partial charge in [-0.25, -0.2) is 13.1 Å². The van der Waals surface area contributed by atoms with E-state index in [1.54, 1.807) is 24.3 Å². The average molecular weight is 391 g/mol. The highest BCUT2D eigenvalue weighted by molar-refractivity contribution is 7.89. The van der Waals surface area contributed by atoms with E-state index in [0.717, 1.165) is 22.4 Å². The topological polar surface area (TPSA) is 70.9 Å². The molecule has 0 saturated carbocycles. The first-order valence-electron chi connectivity index (χ1n) is 8.78. The first kappa shape index (κ1) is 19.7. The van der Waals surface area contributed by atoms with Crippen LogP contribution in [0.5, 0.6) is 0 Å². The van der Waals surface area contributed by atoms with Crippen LogP contribution in [0, 0.1) is 0 Å². The Kier molecular flexibility index (Phi) is 6.13. The average Bonchev–Trinajstić information content (AvgIpc) is 2.75. The molecule has 28 heavy (non-hydrogen) atoms. The van der Waals surface area contributed by atoms with Gasteiger partial charge in [0.15, 0.2) is 0 Å². The Balaban J connectivity index is 1.96. The van der Waals surface area contributed by atoms with Crippen molar-refractivity contribution in [3.8, 4) is 0 Å². The summed E-state index contributed by atoms with van der Waals surface area (Å²) in [6, 6.07) is 26.3. The van der Waals surface area contributed by atoms with E-state index in [1.165, 1.54) is 7.05 Å². The summed E-state index contributed by atoms with van der Waals surface area (Å²) in [6.45, 7) is 1.85. The highest BCUT2D eigenvalue weighted by Crippen LogP contribution is 2.13. The Labute approximate surface area is 165 Å². The van der Waals surface area contributed by atoms with Gasteiger partial charge in [-0.15, -0.1) is 5.10 Å². The van der Waals surface area contributed by atoms with E-state index in [2.05, 4.69) is 14.9 Å². The third-order valence-electron chi connectivity index (χ3n) is 4.25. The number of hydrogen-bond donors (Lipinski definition) is 1. The van der Waals surface area contributed by atoms with Crippen LogP contribution in [0.1, 0.15) is 23.6 Å². The molecule has 0 bridgehead atoms. The molecule has 5 nitrogen and oxygen atoms in total. The van der Waals surface area contributed by atoms with Crippen molar-refractivity contribution in [2.24, 2.45) is 10.2 Å². The van der Waals surface area contributed by atoms with Gasteiger partial charge in [0.05, 0.1) is 10.6 Å². The third kappa shape index (κ3) is 4.60. The lowest BCUT2D eigenvalue weighted by molar-refractivity contribution is 0.588. The predicted molar refractivity (Wildman–Crippen MR) is 113 cm³/mol. The standard InChI is InChI=1S/C22H21N3O2S/c1-17(18-13-15-21(16-14-18)28(26,27)23-2)24-25-22(19-9-5-3-6-10-19)20-11-7-4-8-12-20/h3-16,23H,1-2H3/b24-17-. The van der Waals surface area contributed by atoms with Gasteiger partial charge in [-0.05, 0) is 31.7 Å². The zero-order valence-corrected chi connectivity index (χ0v) is 16.5. The van der Waals surface area contributed by atoms with Crippen molar-refractivity contribution in [2.75, 3.05) is 7.05 Å². The van der Waals surface area contributed by atoms with Crippen LogP contribution in [0.3, 0.4) is 0 Å². The molecule has 0 atom stereocenters. The van der Waals surface area contributed by atoms with Gasteiger partial charge in [0.25, 0.3) is 0 Å². The zero-order valence-electron chi connectivity index (χ0n) is 15.7. The molecular formula is C22H21N3O2S. The summed E-state index contributed by atoms with van der Waals surface area (Å²) in [6.07, 6.45) is 0. The molecule has 0 saturated heterocycles. The summed E-state index contributed by atoms with van der Waals surface area (Å²) in [5.41, 5.74) is 4.22. The van der Waals surface area contributed by atoms with Gasteiger partial charge in [0.1, 0.15) is 5.71 Å². The monoisotopic (exact) mass is 391 g/mol. The largest absolute Gasteiger partial charge is 0.240 e.